The van der Waals surface area contributed by atoms with Crippen molar-refractivity contribution in [3.63, 3.8) is 0 Å². The van der Waals surface area contributed by atoms with Crippen molar-refractivity contribution >= 4 is 22.6 Å². The average Bonchev–Trinajstić information content (AvgIpc) is 2.77. The first-order valence-electron chi connectivity index (χ1n) is 9.71. The molecule has 1 saturated heterocycles. The van der Waals surface area contributed by atoms with Crippen LogP contribution in [0.1, 0.15) is 17.8 Å². The van der Waals surface area contributed by atoms with Gasteiger partial charge in [0.15, 0.2) is 0 Å². The lowest BCUT2D eigenvalue weighted by Crippen LogP contribution is -2.36. The molecule has 0 spiro atoms. The van der Waals surface area contributed by atoms with Gasteiger partial charge in [-0.1, -0.05) is 18.2 Å². The summed E-state index contributed by atoms with van der Waals surface area (Å²) in [5.41, 5.74) is 1.39. The van der Waals surface area contributed by atoms with Crippen LogP contribution >= 0.6 is 0 Å². The molecular formula is C21H23N5O3. The van der Waals surface area contributed by atoms with E-state index >= 15 is 0 Å². The zero-order valence-electron chi connectivity index (χ0n) is 16.1. The lowest BCUT2D eigenvalue weighted by atomic mass is 10.2. The molecule has 0 radical (unpaired) electrons. The second kappa shape index (κ2) is 8.83. The molecule has 0 saturated carbocycles. The molecule has 1 aromatic carbocycles. The fourth-order valence-corrected chi connectivity index (χ4v) is 3.28. The standard InChI is InChI=1S/C21H23N5O3/c27-20(8-6-18-24-17-4-2-1-3-16(17)21(28)25-18)23-14-15-5-7-19(22-13-15)26-9-11-29-12-10-26/h1-5,7,13H,6,8-12,14H2,(H,23,27)(H,24,25,28). The highest BCUT2D eigenvalue weighted by Gasteiger charge is 2.12. The van der Waals surface area contributed by atoms with Crippen molar-refractivity contribution in [3.05, 3.63) is 64.3 Å². The largest absolute Gasteiger partial charge is 0.378 e. The molecule has 0 aliphatic carbocycles. The molecule has 0 bridgehead atoms. The summed E-state index contributed by atoms with van der Waals surface area (Å²) in [5, 5.41) is 3.44. The number of carbonyl (C=O) groups excluding carboxylic acids is 1. The Morgan fingerprint density at radius 3 is 2.79 bits per heavy atom. The highest BCUT2D eigenvalue weighted by atomic mass is 16.5. The predicted octanol–water partition coefficient (Wildman–Crippen LogP) is 1.40. The first kappa shape index (κ1) is 19.1. The number of amides is 1. The zero-order valence-corrected chi connectivity index (χ0v) is 16.1. The molecule has 1 aliphatic heterocycles. The Kier molecular flexibility index (Phi) is 5.81. The molecule has 150 valence electrons. The molecule has 1 aliphatic rings. The van der Waals surface area contributed by atoms with E-state index in [2.05, 4.69) is 25.2 Å². The Bertz CT molecular complexity index is 1040. The quantitative estimate of drug-likeness (QED) is 0.657. The van der Waals surface area contributed by atoms with Gasteiger partial charge in [-0.25, -0.2) is 9.97 Å². The van der Waals surface area contributed by atoms with Gasteiger partial charge in [0.25, 0.3) is 5.56 Å². The number of aryl methyl sites for hydroxylation is 1. The Labute approximate surface area is 167 Å². The fourth-order valence-electron chi connectivity index (χ4n) is 3.28. The molecule has 29 heavy (non-hydrogen) atoms. The zero-order chi connectivity index (χ0) is 20.1. The van der Waals surface area contributed by atoms with E-state index < -0.39 is 0 Å². The van der Waals surface area contributed by atoms with Gasteiger partial charge >= 0.3 is 0 Å². The van der Waals surface area contributed by atoms with Crippen LogP contribution in [0, 0.1) is 0 Å². The van der Waals surface area contributed by atoms with E-state index in [0.717, 1.165) is 37.7 Å². The number of hydrogen-bond acceptors (Lipinski definition) is 6. The van der Waals surface area contributed by atoms with Crippen molar-refractivity contribution in [2.45, 2.75) is 19.4 Å². The fraction of sp³-hybridized carbons (Fsp3) is 0.333. The number of pyridine rings is 1. The van der Waals surface area contributed by atoms with Gasteiger partial charge in [-0.2, -0.15) is 0 Å². The minimum Gasteiger partial charge on any atom is -0.378 e. The summed E-state index contributed by atoms with van der Waals surface area (Å²) < 4.78 is 5.35. The predicted molar refractivity (Wildman–Crippen MR) is 110 cm³/mol. The lowest BCUT2D eigenvalue weighted by molar-refractivity contribution is -0.121. The van der Waals surface area contributed by atoms with Crippen LogP contribution in [-0.2, 0) is 22.5 Å². The van der Waals surface area contributed by atoms with Crippen molar-refractivity contribution in [1.29, 1.82) is 0 Å². The van der Waals surface area contributed by atoms with Crippen molar-refractivity contribution in [2.24, 2.45) is 0 Å². The van der Waals surface area contributed by atoms with Crippen LogP contribution in [0.5, 0.6) is 0 Å². The Morgan fingerprint density at radius 2 is 2.00 bits per heavy atom. The molecule has 1 amide bonds. The summed E-state index contributed by atoms with van der Waals surface area (Å²) in [5.74, 6) is 1.34. The number of nitrogens with one attached hydrogen (secondary N) is 2. The van der Waals surface area contributed by atoms with Crippen LogP contribution in [0.3, 0.4) is 0 Å². The molecular weight excluding hydrogens is 370 g/mol. The number of aromatic nitrogens is 3. The van der Waals surface area contributed by atoms with Crippen LogP contribution in [-0.4, -0.2) is 47.2 Å². The third-order valence-corrected chi connectivity index (χ3v) is 4.88. The van der Waals surface area contributed by atoms with Crippen molar-refractivity contribution in [3.8, 4) is 0 Å². The summed E-state index contributed by atoms with van der Waals surface area (Å²) in [6.07, 6.45) is 2.41. The third-order valence-electron chi connectivity index (χ3n) is 4.88. The second-order valence-corrected chi connectivity index (χ2v) is 6.93. The maximum absolute atomic E-state index is 12.2. The van der Waals surface area contributed by atoms with E-state index in [4.69, 9.17) is 4.74 Å². The van der Waals surface area contributed by atoms with Gasteiger partial charge in [-0.15, -0.1) is 0 Å². The first-order chi connectivity index (χ1) is 14.2. The van der Waals surface area contributed by atoms with Gasteiger partial charge in [0.1, 0.15) is 11.6 Å². The maximum Gasteiger partial charge on any atom is 0.258 e. The van der Waals surface area contributed by atoms with Crippen LogP contribution in [0.15, 0.2) is 47.4 Å². The van der Waals surface area contributed by atoms with E-state index in [-0.39, 0.29) is 17.9 Å². The number of anilines is 1. The summed E-state index contributed by atoms with van der Waals surface area (Å²) in [7, 11) is 0. The van der Waals surface area contributed by atoms with E-state index in [1.807, 2.05) is 18.2 Å². The number of hydrogen-bond donors (Lipinski definition) is 2. The maximum atomic E-state index is 12.2. The molecule has 2 N–H and O–H groups in total. The average molecular weight is 393 g/mol. The van der Waals surface area contributed by atoms with Gasteiger partial charge in [0.2, 0.25) is 5.91 Å². The lowest BCUT2D eigenvalue weighted by Gasteiger charge is -2.27. The molecule has 8 nitrogen and oxygen atoms in total. The monoisotopic (exact) mass is 393 g/mol. The number of aromatic amines is 1. The normalized spacial score (nSPS) is 14.1. The number of H-pyrrole nitrogens is 1. The number of carbonyl (C=O) groups is 1. The molecule has 4 rings (SSSR count). The van der Waals surface area contributed by atoms with Crippen LogP contribution < -0.4 is 15.8 Å². The van der Waals surface area contributed by atoms with Gasteiger partial charge in [-0.3, -0.25) is 9.59 Å². The SMILES string of the molecule is O=C(CCc1nc2ccccc2c(=O)[nH]1)NCc1ccc(N2CCOCC2)nc1. The third kappa shape index (κ3) is 4.78. The van der Waals surface area contributed by atoms with Crippen molar-refractivity contribution in [2.75, 3.05) is 31.2 Å². The summed E-state index contributed by atoms with van der Waals surface area (Å²) in [6.45, 7) is 3.53. The van der Waals surface area contributed by atoms with Gasteiger partial charge in [0, 0.05) is 38.7 Å². The number of ether oxygens (including phenoxy) is 1. The Morgan fingerprint density at radius 1 is 1.17 bits per heavy atom. The molecule has 0 atom stereocenters. The Hall–Kier alpha value is -3.26. The van der Waals surface area contributed by atoms with Gasteiger partial charge in [-0.05, 0) is 23.8 Å². The highest BCUT2D eigenvalue weighted by Crippen LogP contribution is 2.13. The first-order valence-corrected chi connectivity index (χ1v) is 9.71. The number of nitrogens with zero attached hydrogens (tertiary/aromatic N) is 3. The van der Waals surface area contributed by atoms with Gasteiger partial charge < -0.3 is 19.9 Å². The molecule has 8 heteroatoms. The van der Waals surface area contributed by atoms with Crippen LogP contribution in [0.2, 0.25) is 0 Å². The minimum atomic E-state index is -0.183. The topological polar surface area (TPSA) is 100 Å². The number of para-hydroxylation sites is 1. The Balaban J connectivity index is 1.28. The number of rotatable bonds is 6. The molecule has 0 unspecified atom stereocenters. The van der Waals surface area contributed by atoms with Gasteiger partial charge in [0.05, 0.1) is 24.1 Å². The summed E-state index contributed by atoms with van der Waals surface area (Å²) >= 11 is 0. The van der Waals surface area contributed by atoms with E-state index in [9.17, 15) is 9.59 Å². The smallest absolute Gasteiger partial charge is 0.258 e. The van der Waals surface area contributed by atoms with E-state index in [0.29, 0.717) is 29.7 Å². The number of benzene rings is 1. The summed E-state index contributed by atoms with van der Waals surface area (Å²) in [4.78, 5) is 38.1. The second-order valence-electron chi connectivity index (χ2n) is 6.93. The van der Waals surface area contributed by atoms with Crippen LogP contribution in [0.4, 0.5) is 5.82 Å². The van der Waals surface area contributed by atoms with Crippen LogP contribution in [0.25, 0.3) is 10.9 Å². The molecule has 2 aromatic heterocycles. The minimum absolute atomic E-state index is 0.0990. The number of fused-ring (bicyclic) bond motifs is 1. The molecule has 3 heterocycles. The summed E-state index contributed by atoms with van der Waals surface area (Å²) in [6, 6.07) is 11.1. The number of morpholine rings is 1. The van der Waals surface area contributed by atoms with Crippen molar-refractivity contribution in [1.82, 2.24) is 20.3 Å². The van der Waals surface area contributed by atoms with Crippen molar-refractivity contribution < 1.29 is 9.53 Å². The molecule has 1 fully saturated rings. The highest BCUT2D eigenvalue weighted by molar-refractivity contribution is 5.78. The molecule has 3 aromatic rings. The van der Waals surface area contributed by atoms with E-state index in [1.54, 1.807) is 24.4 Å². The van der Waals surface area contributed by atoms with E-state index in [1.165, 1.54) is 0 Å².